The van der Waals surface area contributed by atoms with Gasteiger partial charge in [0.25, 0.3) is 5.91 Å². The van der Waals surface area contributed by atoms with Crippen LogP contribution in [0.4, 0.5) is 0 Å². The number of rotatable bonds is 11. The summed E-state index contributed by atoms with van der Waals surface area (Å²) in [6.45, 7) is 2.12. The van der Waals surface area contributed by atoms with Gasteiger partial charge in [0.1, 0.15) is 0 Å². The van der Waals surface area contributed by atoms with Crippen LogP contribution >= 0.6 is 0 Å². The van der Waals surface area contributed by atoms with Gasteiger partial charge in [0.2, 0.25) is 4.87 Å². The van der Waals surface area contributed by atoms with Gasteiger partial charge in [-0.2, -0.15) is 0 Å². The Balaban J connectivity index is 2.80. The summed E-state index contributed by atoms with van der Waals surface area (Å²) >= 11 is 0. The van der Waals surface area contributed by atoms with Gasteiger partial charge in [-0.15, -0.1) is 0 Å². The Morgan fingerprint density at radius 2 is 1.71 bits per heavy atom. The molecular weight excluding hydrogens is 328 g/mol. The van der Waals surface area contributed by atoms with Crippen molar-refractivity contribution in [3.8, 4) is 0 Å². The average Bonchev–Trinajstić information content (AvgIpc) is 2.57. The van der Waals surface area contributed by atoms with Crippen molar-refractivity contribution in [2.45, 2.75) is 56.7 Å². The molecule has 0 aliphatic carbocycles. The van der Waals surface area contributed by atoms with E-state index in [9.17, 15) is 13.2 Å². The first kappa shape index (κ1) is 20.6. The van der Waals surface area contributed by atoms with Crippen LogP contribution < -0.4 is 11.2 Å². The van der Waals surface area contributed by atoms with E-state index in [1.807, 2.05) is 0 Å². The van der Waals surface area contributed by atoms with Crippen molar-refractivity contribution in [1.82, 2.24) is 5.48 Å². The van der Waals surface area contributed by atoms with E-state index in [1.165, 1.54) is 5.48 Å². The van der Waals surface area contributed by atoms with Crippen molar-refractivity contribution in [3.05, 3.63) is 35.9 Å². The van der Waals surface area contributed by atoms with E-state index in [0.29, 0.717) is 12.0 Å². The van der Waals surface area contributed by atoms with E-state index in [-0.39, 0.29) is 12.2 Å². The van der Waals surface area contributed by atoms with Crippen molar-refractivity contribution in [2.24, 2.45) is 5.73 Å². The van der Waals surface area contributed by atoms with Crippen molar-refractivity contribution in [3.63, 3.8) is 0 Å². The molecule has 1 rings (SSSR count). The zero-order valence-corrected chi connectivity index (χ0v) is 15.0. The SMILES string of the molecule is CCCCCCCCS(=O)(=O)C(N)(Cc1ccccc1)C(=O)NO. The Morgan fingerprint density at radius 1 is 1.12 bits per heavy atom. The molecule has 1 atom stereocenters. The molecule has 0 spiro atoms. The van der Waals surface area contributed by atoms with E-state index in [2.05, 4.69) is 6.92 Å². The van der Waals surface area contributed by atoms with Crippen molar-refractivity contribution < 1.29 is 18.4 Å². The first-order valence-corrected chi connectivity index (χ1v) is 10.0. The van der Waals surface area contributed by atoms with Crippen LogP contribution in [0.25, 0.3) is 0 Å². The molecule has 1 aromatic carbocycles. The lowest BCUT2D eigenvalue weighted by molar-refractivity contribution is -0.131. The predicted octanol–water partition coefficient (Wildman–Crippen LogP) is 2.16. The molecule has 4 N–H and O–H groups in total. The van der Waals surface area contributed by atoms with Gasteiger partial charge in [0.15, 0.2) is 9.84 Å². The lowest BCUT2D eigenvalue weighted by Gasteiger charge is -2.27. The Morgan fingerprint density at radius 3 is 2.29 bits per heavy atom. The van der Waals surface area contributed by atoms with E-state index < -0.39 is 20.6 Å². The molecule has 0 aliphatic rings. The van der Waals surface area contributed by atoms with Crippen LogP contribution in [0.15, 0.2) is 30.3 Å². The third kappa shape index (κ3) is 5.58. The van der Waals surface area contributed by atoms with Crippen molar-refractivity contribution in [2.75, 3.05) is 5.75 Å². The standard InChI is InChI=1S/C17H28N2O4S/c1-2-3-4-5-6-10-13-24(22,23)17(18,16(20)19-21)14-15-11-8-7-9-12-15/h7-9,11-12,21H,2-6,10,13-14,18H2,1H3,(H,19,20). The van der Waals surface area contributed by atoms with Crippen LogP contribution in [0.5, 0.6) is 0 Å². The molecule has 24 heavy (non-hydrogen) atoms. The molecule has 1 unspecified atom stereocenters. The molecular formula is C17H28N2O4S. The smallest absolute Gasteiger partial charge is 0.279 e. The molecule has 1 amide bonds. The van der Waals surface area contributed by atoms with Gasteiger partial charge >= 0.3 is 0 Å². The summed E-state index contributed by atoms with van der Waals surface area (Å²) in [6.07, 6.45) is 5.35. The van der Waals surface area contributed by atoms with Gasteiger partial charge in [-0.05, 0) is 12.0 Å². The third-order valence-corrected chi connectivity index (χ3v) is 6.38. The van der Waals surface area contributed by atoms with E-state index in [1.54, 1.807) is 30.3 Å². The predicted molar refractivity (Wildman–Crippen MR) is 94.2 cm³/mol. The number of carbonyl (C=O) groups is 1. The molecule has 0 aromatic heterocycles. The largest absolute Gasteiger partial charge is 0.304 e. The molecule has 0 heterocycles. The van der Waals surface area contributed by atoms with Gasteiger partial charge in [0.05, 0.1) is 5.75 Å². The van der Waals surface area contributed by atoms with Crippen LogP contribution in [0.2, 0.25) is 0 Å². The van der Waals surface area contributed by atoms with E-state index >= 15 is 0 Å². The van der Waals surface area contributed by atoms with Crippen molar-refractivity contribution in [1.29, 1.82) is 0 Å². The number of hydrogen-bond acceptors (Lipinski definition) is 5. The minimum atomic E-state index is -3.92. The highest BCUT2D eigenvalue weighted by Gasteiger charge is 2.46. The summed E-state index contributed by atoms with van der Waals surface area (Å²) in [5.74, 6) is -1.27. The topological polar surface area (TPSA) is 109 Å². The van der Waals surface area contributed by atoms with Crippen LogP contribution in [0.1, 0.15) is 51.0 Å². The van der Waals surface area contributed by atoms with Crippen LogP contribution in [0, 0.1) is 0 Å². The van der Waals surface area contributed by atoms with Gasteiger partial charge in [-0.1, -0.05) is 69.4 Å². The maximum absolute atomic E-state index is 12.6. The summed E-state index contributed by atoms with van der Waals surface area (Å²) in [4.78, 5) is 9.82. The first-order chi connectivity index (χ1) is 11.4. The van der Waals surface area contributed by atoms with Gasteiger partial charge in [-0.25, -0.2) is 13.9 Å². The average molecular weight is 356 g/mol. The molecule has 0 bridgehead atoms. The fraction of sp³-hybridized carbons (Fsp3) is 0.588. The highest BCUT2D eigenvalue weighted by molar-refractivity contribution is 7.93. The number of unbranched alkanes of at least 4 members (excludes halogenated alkanes) is 5. The quantitative estimate of drug-likeness (QED) is 0.320. The molecule has 136 valence electrons. The summed E-state index contributed by atoms with van der Waals surface area (Å²) in [5, 5.41) is 8.94. The minimum absolute atomic E-state index is 0.171. The van der Waals surface area contributed by atoms with Gasteiger partial charge in [-0.3, -0.25) is 10.0 Å². The molecule has 6 nitrogen and oxygen atoms in total. The molecule has 7 heteroatoms. The van der Waals surface area contributed by atoms with Crippen LogP contribution in [0.3, 0.4) is 0 Å². The molecule has 0 radical (unpaired) electrons. The Kier molecular flexibility index (Phi) is 8.38. The maximum Gasteiger partial charge on any atom is 0.279 e. The highest BCUT2D eigenvalue weighted by atomic mass is 32.2. The first-order valence-electron chi connectivity index (χ1n) is 8.37. The lowest BCUT2D eigenvalue weighted by atomic mass is 10.1. The summed E-state index contributed by atoms with van der Waals surface area (Å²) in [5.41, 5.74) is 7.99. The molecule has 0 fully saturated rings. The lowest BCUT2D eigenvalue weighted by Crippen LogP contribution is -2.61. The number of sulfone groups is 1. The monoisotopic (exact) mass is 356 g/mol. The molecule has 1 aromatic rings. The molecule has 0 saturated carbocycles. The fourth-order valence-electron chi connectivity index (χ4n) is 2.58. The van der Waals surface area contributed by atoms with E-state index in [0.717, 1.165) is 32.1 Å². The Labute approximate surface area is 144 Å². The number of carbonyl (C=O) groups excluding carboxylic acids is 1. The molecule has 0 aliphatic heterocycles. The highest BCUT2D eigenvalue weighted by Crippen LogP contribution is 2.21. The van der Waals surface area contributed by atoms with Crippen LogP contribution in [-0.4, -0.2) is 30.2 Å². The maximum atomic E-state index is 12.6. The van der Waals surface area contributed by atoms with Crippen molar-refractivity contribution >= 4 is 15.7 Å². The summed E-state index contributed by atoms with van der Waals surface area (Å²) < 4.78 is 25.3. The number of nitrogens with two attached hydrogens (primary N) is 1. The zero-order valence-electron chi connectivity index (χ0n) is 14.2. The number of hydroxylamine groups is 1. The second-order valence-electron chi connectivity index (χ2n) is 6.08. The molecule has 0 saturated heterocycles. The Bertz CT molecular complexity index is 604. The number of amides is 1. The number of hydrogen-bond donors (Lipinski definition) is 3. The number of benzene rings is 1. The normalized spacial score (nSPS) is 14.1. The zero-order chi connectivity index (χ0) is 18.1. The van der Waals surface area contributed by atoms with Crippen LogP contribution in [-0.2, 0) is 21.1 Å². The Hall–Kier alpha value is -1.44. The fourth-order valence-corrected chi connectivity index (χ4v) is 4.24. The van der Waals surface area contributed by atoms with Gasteiger partial charge in [0, 0.05) is 6.42 Å². The summed E-state index contributed by atoms with van der Waals surface area (Å²) in [7, 11) is -3.92. The van der Waals surface area contributed by atoms with Gasteiger partial charge < -0.3 is 5.73 Å². The number of nitrogens with one attached hydrogen (secondary N) is 1. The second kappa shape index (κ2) is 9.76. The minimum Gasteiger partial charge on any atom is -0.304 e. The second-order valence-corrected chi connectivity index (χ2v) is 8.45. The summed E-state index contributed by atoms with van der Waals surface area (Å²) in [6, 6.07) is 8.68. The third-order valence-electron chi connectivity index (χ3n) is 4.12. The van der Waals surface area contributed by atoms with E-state index in [4.69, 9.17) is 10.9 Å².